The van der Waals surface area contributed by atoms with Crippen LogP contribution >= 0.6 is 0 Å². The van der Waals surface area contributed by atoms with Gasteiger partial charge in [-0.15, -0.1) is 0 Å². The van der Waals surface area contributed by atoms with Crippen molar-refractivity contribution in [2.45, 2.75) is 39.2 Å². The Labute approximate surface area is 108 Å². The van der Waals surface area contributed by atoms with Crippen LogP contribution in [0, 0.1) is 5.41 Å². The summed E-state index contributed by atoms with van der Waals surface area (Å²) in [6.45, 7) is 3.65. The molecule has 0 bridgehead atoms. The molecule has 0 amide bonds. The van der Waals surface area contributed by atoms with E-state index in [-0.39, 0.29) is 6.42 Å². The van der Waals surface area contributed by atoms with Gasteiger partial charge in [-0.05, 0) is 19.3 Å². The molecule has 1 N–H and O–H groups in total. The fraction of sp³-hybridized carbons (Fsp3) is 0.692. The number of aliphatic hydroxyl groups excluding tert-OH is 1. The van der Waals surface area contributed by atoms with Gasteiger partial charge in [0.25, 0.3) is 0 Å². The van der Waals surface area contributed by atoms with E-state index >= 15 is 0 Å². The Hall–Kier alpha value is -1.36. The van der Waals surface area contributed by atoms with Crippen LogP contribution in [0.4, 0.5) is 0 Å². The van der Waals surface area contributed by atoms with Gasteiger partial charge in [-0.3, -0.25) is 4.79 Å². The Morgan fingerprint density at radius 2 is 1.78 bits per heavy atom. The van der Waals surface area contributed by atoms with Gasteiger partial charge < -0.3 is 14.6 Å². The zero-order valence-electron chi connectivity index (χ0n) is 11.4. The molecule has 0 heterocycles. The SMILES string of the molecule is CCC(CC)(C(=O)OC)C(O)C/C=C/C(=O)OC. The van der Waals surface area contributed by atoms with E-state index < -0.39 is 23.5 Å². The number of rotatable bonds is 7. The summed E-state index contributed by atoms with van der Waals surface area (Å²) in [5, 5.41) is 10.1. The van der Waals surface area contributed by atoms with E-state index in [0.717, 1.165) is 0 Å². The summed E-state index contributed by atoms with van der Waals surface area (Å²) in [6.07, 6.45) is 3.00. The fourth-order valence-electron chi connectivity index (χ4n) is 1.94. The van der Waals surface area contributed by atoms with Crippen LogP contribution in [0.5, 0.6) is 0 Å². The smallest absolute Gasteiger partial charge is 0.330 e. The van der Waals surface area contributed by atoms with Crippen molar-refractivity contribution < 1.29 is 24.2 Å². The fourth-order valence-corrected chi connectivity index (χ4v) is 1.94. The van der Waals surface area contributed by atoms with Crippen LogP contribution in [-0.2, 0) is 19.1 Å². The third-order valence-electron chi connectivity index (χ3n) is 3.31. The number of esters is 2. The first-order valence-electron chi connectivity index (χ1n) is 5.99. The molecule has 0 aromatic carbocycles. The molecule has 0 fully saturated rings. The largest absolute Gasteiger partial charge is 0.469 e. The summed E-state index contributed by atoms with van der Waals surface area (Å²) < 4.78 is 9.19. The van der Waals surface area contributed by atoms with Gasteiger partial charge >= 0.3 is 11.9 Å². The van der Waals surface area contributed by atoms with E-state index in [2.05, 4.69) is 4.74 Å². The summed E-state index contributed by atoms with van der Waals surface area (Å²) in [5.74, 6) is -0.912. The zero-order valence-corrected chi connectivity index (χ0v) is 11.4. The molecule has 0 aromatic heterocycles. The Morgan fingerprint density at radius 3 is 2.17 bits per heavy atom. The van der Waals surface area contributed by atoms with Gasteiger partial charge in [-0.2, -0.15) is 0 Å². The molecule has 1 unspecified atom stereocenters. The average molecular weight is 258 g/mol. The minimum atomic E-state index is -0.921. The van der Waals surface area contributed by atoms with Gasteiger partial charge in [0, 0.05) is 6.08 Å². The Kier molecular flexibility index (Phi) is 7.27. The normalized spacial score (nSPS) is 13.4. The zero-order chi connectivity index (χ0) is 14.2. The van der Waals surface area contributed by atoms with Crippen LogP contribution in [0.15, 0.2) is 12.2 Å². The van der Waals surface area contributed by atoms with Gasteiger partial charge in [-0.25, -0.2) is 4.79 Å². The molecule has 5 heteroatoms. The maximum atomic E-state index is 11.8. The van der Waals surface area contributed by atoms with Crippen molar-refractivity contribution in [1.29, 1.82) is 0 Å². The number of hydrogen-bond acceptors (Lipinski definition) is 5. The summed E-state index contributed by atoms with van der Waals surface area (Å²) in [5.41, 5.74) is -0.921. The van der Waals surface area contributed by atoms with Gasteiger partial charge in [0.15, 0.2) is 0 Å². The van der Waals surface area contributed by atoms with Crippen LogP contribution < -0.4 is 0 Å². The first-order valence-corrected chi connectivity index (χ1v) is 5.99. The average Bonchev–Trinajstić information content (AvgIpc) is 2.40. The number of carbonyl (C=O) groups is 2. The highest BCUT2D eigenvalue weighted by atomic mass is 16.5. The van der Waals surface area contributed by atoms with Gasteiger partial charge in [0.1, 0.15) is 0 Å². The molecule has 0 spiro atoms. The lowest BCUT2D eigenvalue weighted by Gasteiger charge is -2.33. The summed E-state index contributed by atoms with van der Waals surface area (Å²) in [4.78, 5) is 22.7. The molecule has 0 saturated carbocycles. The van der Waals surface area contributed by atoms with Gasteiger partial charge in [0.2, 0.25) is 0 Å². The second-order valence-corrected chi connectivity index (χ2v) is 4.03. The third kappa shape index (κ3) is 3.84. The molecule has 1 atom stereocenters. The first-order chi connectivity index (χ1) is 8.48. The molecule has 0 rings (SSSR count). The van der Waals surface area contributed by atoms with Crippen molar-refractivity contribution in [2.75, 3.05) is 14.2 Å². The molecular formula is C13H22O5. The number of carbonyl (C=O) groups excluding carboxylic acids is 2. The van der Waals surface area contributed by atoms with E-state index in [1.54, 1.807) is 0 Å². The van der Waals surface area contributed by atoms with Crippen LogP contribution in [0.1, 0.15) is 33.1 Å². The standard InChI is InChI=1S/C13H22O5/c1-5-13(6-2,12(16)18-4)10(14)8-7-9-11(15)17-3/h7,9-10,14H,5-6,8H2,1-4H3/b9-7+. The molecule has 0 aliphatic carbocycles. The number of ether oxygens (including phenoxy) is 2. The van der Waals surface area contributed by atoms with Crippen molar-refractivity contribution >= 4 is 11.9 Å². The molecular weight excluding hydrogens is 236 g/mol. The molecule has 0 saturated heterocycles. The van der Waals surface area contributed by atoms with Crippen molar-refractivity contribution in [2.24, 2.45) is 5.41 Å². The molecule has 18 heavy (non-hydrogen) atoms. The van der Waals surface area contributed by atoms with Crippen molar-refractivity contribution in [3.8, 4) is 0 Å². The molecule has 0 aliphatic rings. The van der Waals surface area contributed by atoms with Gasteiger partial charge in [0.05, 0.1) is 25.7 Å². The van der Waals surface area contributed by atoms with Crippen LogP contribution in [0.3, 0.4) is 0 Å². The number of aliphatic hydroxyl groups is 1. The predicted molar refractivity (Wildman–Crippen MR) is 66.8 cm³/mol. The van der Waals surface area contributed by atoms with E-state index in [0.29, 0.717) is 12.8 Å². The second-order valence-electron chi connectivity index (χ2n) is 4.03. The lowest BCUT2D eigenvalue weighted by atomic mass is 9.76. The highest BCUT2D eigenvalue weighted by Gasteiger charge is 2.42. The minimum Gasteiger partial charge on any atom is -0.469 e. The summed E-state index contributed by atoms with van der Waals surface area (Å²) >= 11 is 0. The summed E-state index contributed by atoms with van der Waals surface area (Å²) in [6, 6.07) is 0. The summed E-state index contributed by atoms with van der Waals surface area (Å²) in [7, 11) is 2.58. The first kappa shape index (κ1) is 16.6. The number of methoxy groups -OCH3 is 2. The monoisotopic (exact) mass is 258 g/mol. The van der Waals surface area contributed by atoms with E-state index in [1.807, 2.05) is 13.8 Å². The Bertz CT molecular complexity index is 305. The van der Waals surface area contributed by atoms with Crippen LogP contribution in [0.25, 0.3) is 0 Å². The highest BCUT2D eigenvalue weighted by Crippen LogP contribution is 2.34. The van der Waals surface area contributed by atoms with E-state index in [1.165, 1.54) is 26.4 Å². The maximum Gasteiger partial charge on any atom is 0.330 e. The molecule has 0 aliphatic heterocycles. The molecule has 0 aromatic rings. The van der Waals surface area contributed by atoms with Crippen molar-refractivity contribution in [3.05, 3.63) is 12.2 Å². The predicted octanol–water partition coefficient (Wildman–Crippen LogP) is 1.45. The number of hydrogen-bond donors (Lipinski definition) is 1. The lowest BCUT2D eigenvalue weighted by molar-refractivity contribution is -0.161. The topological polar surface area (TPSA) is 72.8 Å². The van der Waals surface area contributed by atoms with Crippen molar-refractivity contribution in [1.82, 2.24) is 0 Å². The van der Waals surface area contributed by atoms with Gasteiger partial charge in [-0.1, -0.05) is 19.9 Å². The molecule has 5 nitrogen and oxygen atoms in total. The quantitative estimate of drug-likeness (QED) is 0.552. The Morgan fingerprint density at radius 1 is 1.22 bits per heavy atom. The second kappa shape index (κ2) is 7.87. The van der Waals surface area contributed by atoms with E-state index in [9.17, 15) is 14.7 Å². The van der Waals surface area contributed by atoms with Crippen LogP contribution in [0.2, 0.25) is 0 Å². The molecule has 0 radical (unpaired) electrons. The Balaban J connectivity index is 4.78. The third-order valence-corrected chi connectivity index (χ3v) is 3.31. The lowest BCUT2D eigenvalue weighted by Crippen LogP contribution is -2.42. The highest BCUT2D eigenvalue weighted by molar-refractivity contribution is 5.81. The van der Waals surface area contributed by atoms with Crippen molar-refractivity contribution in [3.63, 3.8) is 0 Å². The minimum absolute atomic E-state index is 0.200. The maximum absolute atomic E-state index is 11.8. The van der Waals surface area contributed by atoms with Crippen LogP contribution in [-0.4, -0.2) is 37.4 Å². The van der Waals surface area contributed by atoms with E-state index in [4.69, 9.17) is 4.74 Å². The molecule has 104 valence electrons.